The van der Waals surface area contributed by atoms with E-state index in [1.807, 2.05) is 12.1 Å². The third-order valence-electron chi connectivity index (χ3n) is 6.16. The number of nitrogens with zero attached hydrogens (tertiary/aromatic N) is 3. The van der Waals surface area contributed by atoms with E-state index in [4.69, 9.17) is 9.47 Å². The molecule has 3 rings (SSSR count). The van der Waals surface area contributed by atoms with Gasteiger partial charge >= 0.3 is 5.97 Å². The van der Waals surface area contributed by atoms with Gasteiger partial charge in [0.25, 0.3) is 0 Å². The quantitative estimate of drug-likeness (QED) is 0.264. The Morgan fingerprint density at radius 2 is 1.93 bits per heavy atom. The van der Waals surface area contributed by atoms with Gasteiger partial charge in [0.05, 0.1) is 26.2 Å². The average Bonchev–Trinajstić information content (AvgIpc) is 3.41. The molecule has 1 aromatic rings. The van der Waals surface area contributed by atoms with Gasteiger partial charge in [0, 0.05) is 32.2 Å². The smallest absolute Gasteiger partial charge is 0.310 e. The Balaban J connectivity index is 0.00000320. The molecular formula is C22H35IN4O3. The number of ether oxygens (including phenoxy) is 2. The Morgan fingerprint density at radius 1 is 1.23 bits per heavy atom. The minimum Gasteiger partial charge on any atom is -0.496 e. The Bertz CT molecular complexity index is 724. The summed E-state index contributed by atoms with van der Waals surface area (Å²) in [6.07, 6.45) is 2.45. The van der Waals surface area contributed by atoms with Gasteiger partial charge < -0.3 is 19.7 Å². The van der Waals surface area contributed by atoms with Gasteiger partial charge in [-0.1, -0.05) is 25.1 Å². The maximum atomic E-state index is 12.0. The number of carbonyl (C=O) groups excluding carboxylic acids is 1. The van der Waals surface area contributed by atoms with Crippen molar-refractivity contribution in [2.24, 2.45) is 16.8 Å². The molecule has 0 saturated carbocycles. The Kier molecular flexibility index (Phi) is 9.67. The second kappa shape index (κ2) is 11.7. The molecule has 1 N–H and O–H groups in total. The lowest BCUT2D eigenvalue weighted by molar-refractivity contribution is -0.145. The standard InChI is InChI=1S/C22H34N4O3.HI/c1-16-14-26(15-18(16)21(27)29-4)22(23-2)24-13-19(25-11-7-8-12-25)17-9-5-6-10-20(17)28-3;/h5-6,9-10,16,18-19H,7-8,11-15H2,1-4H3,(H,23,24);1H. The number of esters is 1. The second-order valence-electron chi connectivity index (χ2n) is 7.94. The average molecular weight is 530 g/mol. The number of hydrogen-bond acceptors (Lipinski definition) is 5. The van der Waals surface area contributed by atoms with Crippen molar-refractivity contribution in [1.29, 1.82) is 0 Å². The van der Waals surface area contributed by atoms with Crippen LogP contribution in [0.15, 0.2) is 29.3 Å². The van der Waals surface area contributed by atoms with E-state index in [0.717, 1.165) is 37.9 Å². The first-order valence-electron chi connectivity index (χ1n) is 10.5. The van der Waals surface area contributed by atoms with Crippen LogP contribution in [0.1, 0.15) is 31.4 Å². The van der Waals surface area contributed by atoms with Gasteiger partial charge in [-0.25, -0.2) is 0 Å². The molecule has 1 aromatic carbocycles. The van der Waals surface area contributed by atoms with Crippen LogP contribution in [0.25, 0.3) is 0 Å². The predicted octanol–water partition coefficient (Wildman–Crippen LogP) is 2.77. The van der Waals surface area contributed by atoms with Crippen molar-refractivity contribution in [3.05, 3.63) is 29.8 Å². The molecule has 2 fully saturated rings. The first-order valence-corrected chi connectivity index (χ1v) is 10.5. The highest BCUT2D eigenvalue weighted by molar-refractivity contribution is 14.0. The molecule has 0 spiro atoms. The molecule has 0 radical (unpaired) electrons. The minimum atomic E-state index is -0.139. The van der Waals surface area contributed by atoms with Crippen molar-refractivity contribution in [2.45, 2.75) is 25.8 Å². The Hall–Kier alpha value is -1.55. The monoisotopic (exact) mass is 530 g/mol. The third kappa shape index (κ3) is 5.57. The topological polar surface area (TPSA) is 66.4 Å². The van der Waals surface area contributed by atoms with Crippen molar-refractivity contribution in [1.82, 2.24) is 15.1 Å². The van der Waals surface area contributed by atoms with E-state index in [-0.39, 0.29) is 47.8 Å². The lowest BCUT2D eigenvalue weighted by atomic mass is 9.99. The molecule has 2 aliphatic heterocycles. The van der Waals surface area contributed by atoms with Crippen LogP contribution in [-0.4, -0.2) is 75.7 Å². The van der Waals surface area contributed by atoms with Crippen molar-refractivity contribution in [3.8, 4) is 5.75 Å². The molecule has 8 heteroatoms. The van der Waals surface area contributed by atoms with Crippen LogP contribution in [0.5, 0.6) is 5.75 Å². The third-order valence-corrected chi connectivity index (χ3v) is 6.16. The fourth-order valence-corrected chi connectivity index (χ4v) is 4.55. The number of nitrogens with one attached hydrogen (secondary N) is 1. The SMILES string of the molecule is CN=C(NCC(c1ccccc1OC)N1CCCC1)N1CC(C)C(C(=O)OC)C1.I. The van der Waals surface area contributed by atoms with E-state index < -0.39 is 0 Å². The molecule has 0 amide bonds. The molecule has 2 aliphatic rings. The summed E-state index contributed by atoms with van der Waals surface area (Å²) in [6, 6.07) is 8.46. The Labute approximate surface area is 197 Å². The summed E-state index contributed by atoms with van der Waals surface area (Å²) >= 11 is 0. The van der Waals surface area contributed by atoms with Gasteiger partial charge in [-0.05, 0) is 37.9 Å². The van der Waals surface area contributed by atoms with Crippen LogP contribution in [-0.2, 0) is 9.53 Å². The number of halogens is 1. The second-order valence-corrected chi connectivity index (χ2v) is 7.94. The number of likely N-dealkylation sites (tertiary alicyclic amines) is 2. The van der Waals surface area contributed by atoms with Gasteiger partial charge in [0.2, 0.25) is 0 Å². The Morgan fingerprint density at radius 3 is 2.57 bits per heavy atom. The summed E-state index contributed by atoms with van der Waals surface area (Å²) in [4.78, 5) is 21.2. The van der Waals surface area contributed by atoms with E-state index in [2.05, 4.69) is 39.2 Å². The van der Waals surface area contributed by atoms with Crippen LogP contribution in [0, 0.1) is 11.8 Å². The highest BCUT2D eigenvalue weighted by atomic mass is 127. The molecule has 2 saturated heterocycles. The van der Waals surface area contributed by atoms with Crippen LogP contribution in [0.3, 0.4) is 0 Å². The molecule has 0 aliphatic carbocycles. The molecule has 168 valence electrons. The normalized spacial score (nSPS) is 23.1. The molecule has 3 atom stereocenters. The number of carbonyl (C=O) groups is 1. The van der Waals surface area contributed by atoms with Gasteiger partial charge in [-0.2, -0.15) is 0 Å². The summed E-state index contributed by atoms with van der Waals surface area (Å²) in [5.41, 5.74) is 1.20. The summed E-state index contributed by atoms with van der Waals surface area (Å²) in [5, 5.41) is 3.56. The summed E-state index contributed by atoms with van der Waals surface area (Å²) < 4.78 is 10.6. The number of para-hydroxylation sites is 1. The van der Waals surface area contributed by atoms with E-state index in [1.54, 1.807) is 14.2 Å². The zero-order valence-corrected chi connectivity index (χ0v) is 20.8. The highest BCUT2D eigenvalue weighted by Crippen LogP contribution is 2.31. The highest BCUT2D eigenvalue weighted by Gasteiger charge is 2.37. The number of guanidine groups is 1. The maximum Gasteiger partial charge on any atom is 0.310 e. The van der Waals surface area contributed by atoms with E-state index in [9.17, 15) is 4.79 Å². The fraction of sp³-hybridized carbons (Fsp3) is 0.636. The largest absolute Gasteiger partial charge is 0.496 e. The van der Waals surface area contributed by atoms with Crippen molar-refractivity contribution < 1.29 is 14.3 Å². The van der Waals surface area contributed by atoms with Crippen molar-refractivity contribution in [2.75, 3.05) is 54.0 Å². The molecule has 3 unspecified atom stereocenters. The zero-order valence-electron chi connectivity index (χ0n) is 18.5. The zero-order chi connectivity index (χ0) is 20.8. The summed E-state index contributed by atoms with van der Waals surface area (Å²) in [7, 11) is 4.98. The minimum absolute atomic E-state index is 0. The van der Waals surface area contributed by atoms with Crippen molar-refractivity contribution >= 4 is 35.9 Å². The number of rotatable bonds is 6. The lowest BCUT2D eigenvalue weighted by Gasteiger charge is -2.31. The van der Waals surface area contributed by atoms with Crippen molar-refractivity contribution in [3.63, 3.8) is 0 Å². The number of methoxy groups -OCH3 is 2. The van der Waals surface area contributed by atoms with Gasteiger partial charge in [-0.3, -0.25) is 14.7 Å². The van der Waals surface area contributed by atoms with Crippen LogP contribution in [0.2, 0.25) is 0 Å². The van der Waals surface area contributed by atoms with Gasteiger partial charge in [0.1, 0.15) is 5.75 Å². The molecule has 0 bridgehead atoms. The van der Waals surface area contributed by atoms with Crippen LogP contribution < -0.4 is 10.1 Å². The van der Waals surface area contributed by atoms with E-state index in [0.29, 0.717) is 6.54 Å². The van der Waals surface area contributed by atoms with Gasteiger partial charge in [-0.15, -0.1) is 24.0 Å². The van der Waals surface area contributed by atoms with Crippen LogP contribution >= 0.6 is 24.0 Å². The number of benzene rings is 1. The molecule has 0 aromatic heterocycles. The molecule has 30 heavy (non-hydrogen) atoms. The summed E-state index contributed by atoms with van der Waals surface area (Å²) in [6.45, 7) is 6.44. The van der Waals surface area contributed by atoms with E-state index >= 15 is 0 Å². The van der Waals surface area contributed by atoms with Crippen LogP contribution in [0.4, 0.5) is 0 Å². The summed E-state index contributed by atoms with van der Waals surface area (Å²) in [5.74, 6) is 1.75. The first kappa shape index (κ1) is 24.7. The first-order chi connectivity index (χ1) is 14.1. The van der Waals surface area contributed by atoms with Gasteiger partial charge in [0.15, 0.2) is 5.96 Å². The maximum absolute atomic E-state index is 12.0. The van der Waals surface area contributed by atoms with E-state index in [1.165, 1.54) is 25.5 Å². The number of hydrogen-bond donors (Lipinski definition) is 1. The number of aliphatic imine (C=N–C) groups is 1. The molecule has 7 nitrogen and oxygen atoms in total. The predicted molar refractivity (Wildman–Crippen MR) is 130 cm³/mol. The fourth-order valence-electron chi connectivity index (χ4n) is 4.55. The lowest BCUT2D eigenvalue weighted by Crippen LogP contribution is -2.44. The molecule has 2 heterocycles. The molecular weight excluding hydrogens is 495 g/mol.